The summed E-state index contributed by atoms with van der Waals surface area (Å²) in [6.45, 7) is 2.11. The minimum absolute atomic E-state index is 0.304. The summed E-state index contributed by atoms with van der Waals surface area (Å²) in [4.78, 5) is 0. The van der Waals surface area contributed by atoms with Crippen molar-refractivity contribution in [3.05, 3.63) is 54.1 Å². The first-order valence-corrected chi connectivity index (χ1v) is 5.10. The molecule has 2 aromatic carbocycles. The van der Waals surface area contributed by atoms with Gasteiger partial charge in [-0.15, -0.1) is 0 Å². The van der Waals surface area contributed by atoms with Gasteiger partial charge < -0.3 is 5.11 Å². The van der Waals surface area contributed by atoms with E-state index in [9.17, 15) is 5.11 Å². The molecule has 0 saturated carbocycles. The Morgan fingerprint density at radius 3 is 2.80 bits per heavy atom. The van der Waals surface area contributed by atoms with Gasteiger partial charge in [-0.3, -0.25) is 0 Å². The molecule has 0 bridgehead atoms. The molecule has 0 amide bonds. The average molecular weight is 197 g/mol. The van der Waals surface area contributed by atoms with E-state index < -0.39 is 0 Å². The van der Waals surface area contributed by atoms with Crippen molar-refractivity contribution in [1.82, 2.24) is 0 Å². The number of aryl methyl sites for hydroxylation is 1. The number of aromatic hydroxyl groups is 1. The van der Waals surface area contributed by atoms with Crippen LogP contribution in [-0.4, -0.2) is 5.11 Å². The van der Waals surface area contributed by atoms with Crippen LogP contribution in [0.25, 0.3) is 11.1 Å². The Kier molecular flexibility index (Phi) is 2.72. The van der Waals surface area contributed by atoms with Gasteiger partial charge in [-0.05, 0) is 41.3 Å². The van der Waals surface area contributed by atoms with Crippen LogP contribution in [0.15, 0.2) is 42.5 Å². The predicted molar refractivity (Wildman–Crippen MR) is 61.8 cm³/mol. The van der Waals surface area contributed by atoms with Crippen LogP contribution in [0.2, 0.25) is 0 Å². The lowest BCUT2D eigenvalue weighted by Crippen LogP contribution is -1.86. The van der Waals surface area contributed by atoms with Crippen molar-refractivity contribution in [2.45, 2.75) is 13.3 Å². The molecule has 0 aliphatic heterocycles. The number of benzene rings is 2. The topological polar surface area (TPSA) is 20.2 Å². The van der Waals surface area contributed by atoms with Gasteiger partial charge in [-0.2, -0.15) is 0 Å². The van der Waals surface area contributed by atoms with E-state index in [1.165, 1.54) is 5.56 Å². The maximum atomic E-state index is 9.43. The highest BCUT2D eigenvalue weighted by Gasteiger charge is 2.03. The maximum Gasteiger partial charge on any atom is 0.116 e. The summed E-state index contributed by atoms with van der Waals surface area (Å²) < 4.78 is 0. The number of rotatable bonds is 2. The first-order valence-electron chi connectivity index (χ1n) is 5.10. The molecule has 0 saturated heterocycles. The molecule has 0 spiro atoms. The molecular weight excluding hydrogens is 184 g/mol. The van der Waals surface area contributed by atoms with Crippen LogP contribution in [0.5, 0.6) is 5.75 Å². The van der Waals surface area contributed by atoms with Gasteiger partial charge in [0.15, 0.2) is 0 Å². The van der Waals surface area contributed by atoms with Crippen molar-refractivity contribution in [3.8, 4) is 16.9 Å². The first-order chi connectivity index (χ1) is 7.31. The molecule has 0 unspecified atom stereocenters. The molecule has 1 radical (unpaired) electrons. The lowest BCUT2D eigenvalue weighted by atomic mass is 9.98. The minimum atomic E-state index is 0.304. The third-order valence-electron chi connectivity index (χ3n) is 2.45. The largest absolute Gasteiger partial charge is 0.508 e. The second-order valence-corrected chi connectivity index (χ2v) is 3.47. The molecule has 0 aromatic heterocycles. The first kappa shape index (κ1) is 9.78. The Bertz CT molecular complexity index is 460. The summed E-state index contributed by atoms with van der Waals surface area (Å²) >= 11 is 0. The van der Waals surface area contributed by atoms with Crippen molar-refractivity contribution in [2.75, 3.05) is 0 Å². The van der Waals surface area contributed by atoms with Gasteiger partial charge in [0.25, 0.3) is 0 Å². The monoisotopic (exact) mass is 197 g/mol. The Hall–Kier alpha value is -1.76. The Morgan fingerprint density at radius 1 is 1.20 bits per heavy atom. The summed E-state index contributed by atoms with van der Waals surface area (Å²) in [6.07, 6.45) is 0.950. The van der Waals surface area contributed by atoms with Gasteiger partial charge in [0, 0.05) is 0 Å². The van der Waals surface area contributed by atoms with E-state index in [0.29, 0.717) is 5.75 Å². The van der Waals surface area contributed by atoms with Crippen molar-refractivity contribution in [1.29, 1.82) is 0 Å². The highest BCUT2D eigenvalue weighted by Crippen LogP contribution is 2.26. The van der Waals surface area contributed by atoms with Gasteiger partial charge >= 0.3 is 0 Å². The molecule has 0 aliphatic rings. The molecule has 0 heterocycles. The lowest BCUT2D eigenvalue weighted by Gasteiger charge is -2.07. The van der Waals surface area contributed by atoms with E-state index in [1.54, 1.807) is 12.1 Å². The zero-order valence-corrected chi connectivity index (χ0v) is 8.70. The highest BCUT2D eigenvalue weighted by atomic mass is 16.3. The standard InChI is InChI=1S/C14H13O/c1-2-11-6-3-4-9-14(11)12-7-5-8-13(15)10-12/h3-5,7-10,15H,2H2,1H3. The molecule has 15 heavy (non-hydrogen) atoms. The predicted octanol–water partition coefficient (Wildman–Crippen LogP) is 3.42. The van der Waals surface area contributed by atoms with Crippen molar-refractivity contribution < 1.29 is 5.11 Å². The van der Waals surface area contributed by atoms with Crippen LogP contribution in [0.4, 0.5) is 0 Å². The fourth-order valence-electron chi connectivity index (χ4n) is 1.71. The average Bonchev–Trinajstić information content (AvgIpc) is 2.29. The van der Waals surface area contributed by atoms with Gasteiger partial charge in [0.2, 0.25) is 0 Å². The molecule has 0 atom stereocenters. The minimum Gasteiger partial charge on any atom is -0.508 e. The van der Waals surface area contributed by atoms with Gasteiger partial charge in [0.05, 0.1) is 0 Å². The molecule has 2 rings (SSSR count). The van der Waals surface area contributed by atoms with Crippen molar-refractivity contribution in [2.24, 2.45) is 0 Å². The molecule has 0 aliphatic carbocycles. The molecule has 2 aromatic rings. The van der Waals surface area contributed by atoms with Crippen molar-refractivity contribution >= 4 is 0 Å². The Morgan fingerprint density at radius 2 is 2.07 bits per heavy atom. The Labute approximate surface area is 90.0 Å². The third kappa shape index (κ3) is 2.01. The summed E-state index contributed by atoms with van der Waals surface area (Å²) in [7, 11) is 0. The molecule has 75 valence electrons. The van der Waals surface area contributed by atoms with Gasteiger partial charge in [-0.25, -0.2) is 0 Å². The summed E-state index contributed by atoms with van der Waals surface area (Å²) in [5.74, 6) is 0.304. The van der Waals surface area contributed by atoms with E-state index in [2.05, 4.69) is 19.1 Å². The zero-order chi connectivity index (χ0) is 10.7. The normalized spacial score (nSPS) is 10.2. The van der Waals surface area contributed by atoms with Gasteiger partial charge in [0.1, 0.15) is 5.75 Å². The quantitative estimate of drug-likeness (QED) is 0.782. The number of hydrogen-bond donors (Lipinski definition) is 1. The summed E-state index contributed by atoms with van der Waals surface area (Å²) in [6, 6.07) is 16.5. The van der Waals surface area contributed by atoms with Gasteiger partial charge in [-0.1, -0.05) is 37.3 Å². The number of hydrogen-bond acceptors (Lipinski definition) is 1. The molecule has 0 fully saturated rings. The third-order valence-corrected chi connectivity index (χ3v) is 2.45. The summed E-state index contributed by atoms with van der Waals surface area (Å²) in [5, 5.41) is 9.43. The van der Waals surface area contributed by atoms with Crippen LogP contribution in [0, 0.1) is 6.07 Å². The van der Waals surface area contributed by atoms with E-state index in [4.69, 9.17) is 0 Å². The second-order valence-electron chi connectivity index (χ2n) is 3.47. The highest BCUT2D eigenvalue weighted by molar-refractivity contribution is 5.68. The molecule has 1 N–H and O–H groups in total. The maximum absolute atomic E-state index is 9.43. The van der Waals surface area contributed by atoms with E-state index in [0.717, 1.165) is 17.5 Å². The molecule has 1 heteroatoms. The fourth-order valence-corrected chi connectivity index (χ4v) is 1.71. The van der Waals surface area contributed by atoms with Crippen molar-refractivity contribution in [3.63, 3.8) is 0 Å². The van der Waals surface area contributed by atoms with E-state index >= 15 is 0 Å². The van der Waals surface area contributed by atoms with Crippen LogP contribution in [0.1, 0.15) is 12.5 Å². The number of phenols is 1. The van der Waals surface area contributed by atoms with Crippen LogP contribution in [0.3, 0.4) is 0 Å². The van der Waals surface area contributed by atoms with E-state index in [1.807, 2.05) is 24.3 Å². The molecular formula is C14H13O. The summed E-state index contributed by atoms with van der Waals surface area (Å²) in [5.41, 5.74) is 3.38. The van der Waals surface area contributed by atoms with Crippen LogP contribution < -0.4 is 0 Å². The number of phenolic OH excluding ortho intramolecular Hbond substituents is 1. The SMILES string of the molecule is CCc1[c]cccc1-c1cccc(O)c1. The second kappa shape index (κ2) is 4.18. The zero-order valence-electron chi connectivity index (χ0n) is 8.70. The molecule has 1 nitrogen and oxygen atoms in total. The van der Waals surface area contributed by atoms with Crippen LogP contribution in [-0.2, 0) is 6.42 Å². The van der Waals surface area contributed by atoms with Crippen LogP contribution >= 0.6 is 0 Å². The fraction of sp³-hybridized carbons (Fsp3) is 0.143. The van der Waals surface area contributed by atoms with E-state index in [-0.39, 0.29) is 0 Å². The lowest BCUT2D eigenvalue weighted by molar-refractivity contribution is 0.475. The Balaban J connectivity index is 2.53. The smallest absolute Gasteiger partial charge is 0.116 e.